The highest BCUT2D eigenvalue weighted by atomic mass is 16.5. The van der Waals surface area contributed by atoms with E-state index in [0.29, 0.717) is 23.3 Å². The molecule has 1 spiro atoms. The normalized spacial score (nSPS) is 36.3. The first kappa shape index (κ1) is 17.8. The van der Waals surface area contributed by atoms with Crippen LogP contribution in [-0.4, -0.2) is 61.1 Å². The van der Waals surface area contributed by atoms with Crippen molar-refractivity contribution in [3.63, 3.8) is 0 Å². The molecular formula is C21H36N2O2. The first-order valence-corrected chi connectivity index (χ1v) is 10.7. The Morgan fingerprint density at radius 1 is 1.04 bits per heavy atom. The molecule has 0 N–H and O–H groups in total. The van der Waals surface area contributed by atoms with Gasteiger partial charge in [-0.05, 0) is 69.1 Å². The smallest absolute Gasteiger partial charge is 0.226 e. The molecule has 2 saturated heterocycles. The standard InChI is InChI=1S/C21H36N2O2/c1-16-3-5-18(6-4-16)23-11-7-17(8-12-23)22(2)20(24)19-15-21(19)9-13-25-14-10-21/h16-19H,3-15H2,1-2H3/t16?,18?,19-/m1/s1. The highest BCUT2D eigenvalue weighted by Crippen LogP contribution is 2.59. The molecule has 1 amide bonds. The number of nitrogens with zero attached hydrogens (tertiary/aromatic N) is 2. The number of hydrogen-bond acceptors (Lipinski definition) is 3. The fraction of sp³-hybridized carbons (Fsp3) is 0.952. The summed E-state index contributed by atoms with van der Waals surface area (Å²) in [6.45, 7) is 6.47. The van der Waals surface area contributed by atoms with E-state index >= 15 is 0 Å². The van der Waals surface area contributed by atoms with E-state index < -0.39 is 0 Å². The lowest BCUT2D eigenvalue weighted by atomic mass is 9.85. The molecule has 0 aromatic heterocycles. The minimum Gasteiger partial charge on any atom is -0.381 e. The summed E-state index contributed by atoms with van der Waals surface area (Å²) in [5, 5.41) is 0. The van der Waals surface area contributed by atoms with E-state index in [1.165, 1.54) is 38.8 Å². The third kappa shape index (κ3) is 3.62. The summed E-state index contributed by atoms with van der Waals surface area (Å²) in [5.74, 6) is 1.64. The molecule has 0 aromatic rings. The van der Waals surface area contributed by atoms with Gasteiger partial charge in [0.1, 0.15) is 0 Å². The van der Waals surface area contributed by atoms with Crippen molar-refractivity contribution in [1.29, 1.82) is 0 Å². The number of piperidine rings is 1. The van der Waals surface area contributed by atoms with Crippen LogP contribution in [0.5, 0.6) is 0 Å². The Bertz CT molecular complexity index is 472. The lowest BCUT2D eigenvalue weighted by Gasteiger charge is -2.42. The van der Waals surface area contributed by atoms with E-state index in [2.05, 4.69) is 23.8 Å². The van der Waals surface area contributed by atoms with Gasteiger partial charge in [0.15, 0.2) is 0 Å². The van der Waals surface area contributed by atoms with Crippen LogP contribution in [-0.2, 0) is 9.53 Å². The van der Waals surface area contributed by atoms with Crippen LogP contribution in [0, 0.1) is 17.3 Å². The Labute approximate surface area is 153 Å². The molecule has 4 heteroatoms. The first-order chi connectivity index (χ1) is 12.1. The van der Waals surface area contributed by atoms with Gasteiger partial charge in [0, 0.05) is 51.4 Å². The van der Waals surface area contributed by atoms with Gasteiger partial charge < -0.3 is 14.5 Å². The average molecular weight is 349 g/mol. The number of ether oxygens (including phenoxy) is 1. The molecule has 2 heterocycles. The number of carbonyl (C=O) groups excluding carboxylic acids is 1. The molecule has 0 radical (unpaired) electrons. The monoisotopic (exact) mass is 348 g/mol. The van der Waals surface area contributed by atoms with E-state index in [4.69, 9.17) is 4.74 Å². The molecule has 2 aliphatic heterocycles. The molecule has 1 atom stereocenters. The van der Waals surface area contributed by atoms with Crippen molar-refractivity contribution in [3.8, 4) is 0 Å². The molecule has 4 fully saturated rings. The fourth-order valence-corrected chi connectivity index (χ4v) is 5.70. The molecule has 2 aliphatic carbocycles. The minimum atomic E-state index is 0.291. The highest BCUT2D eigenvalue weighted by molar-refractivity contribution is 5.82. The third-order valence-electron chi connectivity index (χ3n) is 7.87. The molecule has 0 unspecified atom stereocenters. The Hall–Kier alpha value is -0.610. The van der Waals surface area contributed by atoms with Gasteiger partial charge in [0.2, 0.25) is 5.91 Å². The van der Waals surface area contributed by atoms with Crippen molar-refractivity contribution in [2.45, 2.75) is 76.8 Å². The van der Waals surface area contributed by atoms with Crippen molar-refractivity contribution in [3.05, 3.63) is 0 Å². The Morgan fingerprint density at radius 2 is 1.68 bits per heavy atom. The van der Waals surface area contributed by atoms with Crippen molar-refractivity contribution in [2.24, 2.45) is 17.3 Å². The predicted molar refractivity (Wildman–Crippen MR) is 99.4 cm³/mol. The van der Waals surface area contributed by atoms with Crippen LogP contribution < -0.4 is 0 Å². The number of carbonyl (C=O) groups is 1. The van der Waals surface area contributed by atoms with Crippen molar-refractivity contribution < 1.29 is 9.53 Å². The quantitative estimate of drug-likeness (QED) is 0.784. The van der Waals surface area contributed by atoms with Crippen LogP contribution in [0.15, 0.2) is 0 Å². The molecule has 4 nitrogen and oxygen atoms in total. The van der Waals surface area contributed by atoms with E-state index in [-0.39, 0.29) is 0 Å². The maximum atomic E-state index is 13.0. The molecule has 0 bridgehead atoms. The lowest BCUT2D eigenvalue weighted by Crippen LogP contribution is -2.49. The second kappa shape index (κ2) is 7.19. The van der Waals surface area contributed by atoms with E-state index in [1.54, 1.807) is 0 Å². The summed E-state index contributed by atoms with van der Waals surface area (Å²) in [4.78, 5) is 17.8. The van der Waals surface area contributed by atoms with Gasteiger partial charge in [-0.25, -0.2) is 0 Å². The van der Waals surface area contributed by atoms with Gasteiger partial charge in [0.05, 0.1) is 0 Å². The first-order valence-electron chi connectivity index (χ1n) is 10.7. The van der Waals surface area contributed by atoms with Crippen molar-refractivity contribution in [1.82, 2.24) is 9.80 Å². The van der Waals surface area contributed by atoms with Gasteiger partial charge >= 0.3 is 0 Å². The van der Waals surface area contributed by atoms with Crippen LogP contribution in [0.4, 0.5) is 0 Å². The zero-order valence-electron chi connectivity index (χ0n) is 16.2. The number of hydrogen-bond donors (Lipinski definition) is 0. The van der Waals surface area contributed by atoms with Gasteiger partial charge in [-0.15, -0.1) is 0 Å². The minimum absolute atomic E-state index is 0.291. The number of likely N-dealkylation sites (tertiary alicyclic amines) is 1. The highest BCUT2D eigenvalue weighted by Gasteiger charge is 2.59. The van der Waals surface area contributed by atoms with Crippen LogP contribution in [0.25, 0.3) is 0 Å². The third-order valence-corrected chi connectivity index (χ3v) is 7.87. The van der Waals surface area contributed by atoms with Crippen molar-refractivity contribution in [2.75, 3.05) is 33.4 Å². The number of rotatable bonds is 3. The topological polar surface area (TPSA) is 32.8 Å². The summed E-state index contributed by atoms with van der Waals surface area (Å²) < 4.78 is 5.50. The largest absolute Gasteiger partial charge is 0.381 e. The Balaban J connectivity index is 1.25. The van der Waals surface area contributed by atoms with Gasteiger partial charge in [-0.3, -0.25) is 4.79 Å². The van der Waals surface area contributed by atoms with E-state index in [9.17, 15) is 4.79 Å². The Morgan fingerprint density at radius 3 is 2.32 bits per heavy atom. The summed E-state index contributed by atoms with van der Waals surface area (Å²) in [6.07, 6.45) is 11.2. The summed E-state index contributed by atoms with van der Waals surface area (Å²) in [6, 6.07) is 1.27. The molecule has 2 saturated carbocycles. The molecular weight excluding hydrogens is 312 g/mol. The summed E-state index contributed by atoms with van der Waals surface area (Å²) in [7, 11) is 2.07. The lowest BCUT2D eigenvalue weighted by molar-refractivity contribution is -0.135. The summed E-state index contributed by atoms with van der Waals surface area (Å²) >= 11 is 0. The van der Waals surface area contributed by atoms with Gasteiger partial charge in [0.25, 0.3) is 0 Å². The molecule has 4 aliphatic rings. The predicted octanol–water partition coefficient (Wildman–Crippen LogP) is 3.30. The second-order valence-corrected chi connectivity index (χ2v) is 9.36. The van der Waals surface area contributed by atoms with Crippen LogP contribution >= 0.6 is 0 Å². The SMILES string of the molecule is CC1CCC(N2CCC(N(C)C(=O)[C@H]3CC34CCOCC4)CC2)CC1. The molecule has 4 rings (SSSR count). The second-order valence-electron chi connectivity index (χ2n) is 9.36. The number of amides is 1. The maximum Gasteiger partial charge on any atom is 0.226 e. The fourth-order valence-electron chi connectivity index (χ4n) is 5.70. The van der Waals surface area contributed by atoms with Crippen molar-refractivity contribution >= 4 is 5.91 Å². The van der Waals surface area contributed by atoms with E-state index in [1.807, 2.05) is 0 Å². The molecule has 25 heavy (non-hydrogen) atoms. The van der Waals surface area contributed by atoms with Crippen LogP contribution in [0.1, 0.15) is 64.7 Å². The van der Waals surface area contributed by atoms with Gasteiger partial charge in [-0.1, -0.05) is 6.92 Å². The van der Waals surface area contributed by atoms with Gasteiger partial charge in [-0.2, -0.15) is 0 Å². The average Bonchev–Trinajstić information content (AvgIpc) is 3.34. The summed E-state index contributed by atoms with van der Waals surface area (Å²) in [5.41, 5.74) is 0.309. The maximum absolute atomic E-state index is 13.0. The van der Waals surface area contributed by atoms with Crippen LogP contribution in [0.3, 0.4) is 0 Å². The molecule has 0 aromatic carbocycles. The van der Waals surface area contributed by atoms with Crippen LogP contribution in [0.2, 0.25) is 0 Å². The molecule has 142 valence electrons. The van der Waals surface area contributed by atoms with E-state index in [0.717, 1.165) is 57.3 Å². The zero-order chi connectivity index (χ0) is 17.4. The Kier molecular flexibility index (Phi) is 5.11. The zero-order valence-corrected chi connectivity index (χ0v) is 16.2.